The van der Waals surface area contributed by atoms with E-state index >= 15 is 0 Å². The van der Waals surface area contributed by atoms with Crippen LogP contribution in [-0.2, 0) is 9.63 Å². The van der Waals surface area contributed by atoms with Crippen LogP contribution in [0.1, 0.15) is 5.56 Å². The van der Waals surface area contributed by atoms with E-state index in [4.69, 9.17) is 21.2 Å². The smallest absolute Gasteiger partial charge is 0.288 e. The van der Waals surface area contributed by atoms with Crippen LogP contribution in [0, 0.1) is 6.92 Å². The topological polar surface area (TPSA) is 38.8 Å². The molecule has 5 heteroatoms. The molecule has 0 N–H and O–H groups in total. The van der Waals surface area contributed by atoms with Crippen LogP contribution in [0.25, 0.3) is 0 Å². The molecule has 1 aliphatic heterocycles. The minimum absolute atomic E-state index is 0.0275. The van der Waals surface area contributed by atoms with E-state index in [1.165, 1.54) is 12.2 Å². The van der Waals surface area contributed by atoms with Gasteiger partial charge in [-0.15, -0.1) is 0 Å². The number of fused-ring (bicyclic) bond motifs is 1. The molecule has 4 nitrogen and oxygen atoms in total. The zero-order chi connectivity index (χ0) is 11.0. The van der Waals surface area contributed by atoms with Crippen LogP contribution in [0.4, 0.5) is 5.69 Å². The molecule has 0 aromatic heterocycles. The highest BCUT2D eigenvalue weighted by atomic mass is 35.5. The van der Waals surface area contributed by atoms with Crippen molar-refractivity contribution < 1.29 is 14.4 Å². The van der Waals surface area contributed by atoms with Gasteiger partial charge in [0.25, 0.3) is 5.91 Å². The molecule has 2 rings (SSSR count). The number of carbonyl (C=O) groups is 1. The van der Waals surface area contributed by atoms with Gasteiger partial charge in [0.05, 0.1) is 7.11 Å². The molecule has 0 atom stereocenters. The lowest BCUT2D eigenvalue weighted by atomic mass is 10.2. The number of hydroxylamine groups is 1. The van der Waals surface area contributed by atoms with Crippen molar-refractivity contribution in [2.75, 3.05) is 18.8 Å². The first kappa shape index (κ1) is 10.3. The summed E-state index contributed by atoms with van der Waals surface area (Å²) in [5, 5.41) is 1.82. The first-order valence-corrected chi connectivity index (χ1v) is 4.81. The third-order valence-electron chi connectivity index (χ3n) is 2.22. The number of anilines is 1. The van der Waals surface area contributed by atoms with Crippen molar-refractivity contribution in [1.82, 2.24) is 0 Å². The summed E-state index contributed by atoms with van der Waals surface area (Å²) in [6.45, 7) is 1.83. The van der Waals surface area contributed by atoms with Crippen LogP contribution in [-0.4, -0.2) is 19.6 Å². The van der Waals surface area contributed by atoms with E-state index in [0.29, 0.717) is 16.5 Å². The SMILES string of the molecule is CON1C(=O)COc2cc(Cl)c(C)cc21. The molecule has 0 fully saturated rings. The average molecular weight is 228 g/mol. The predicted octanol–water partition coefficient (Wildman–Crippen LogP) is 1.94. The summed E-state index contributed by atoms with van der Waals surface area (Å²) in [5.41, 5.74) is 1.46. The van der Waals surface area contributed by atoms with Crippen LogP contribution in [0.3, 0.4) is 0 Å². The quantitative estimate of drug-likeness (QED) is 0.736. The van der Waals surface area contributed by atoms with Crippen molar-refractivity contribution in [3.63, 3.8) is 0 Å². The maximum absolute atomic E-state index is 11.4. The van der Waals surface area contributed by atoms with E-state index in [1.807, 2.05) is 6.92 Å². The average Bonchev–Trinajstić information content (AvgIpc) is 2.21. The molecule has 15 heavy (non-hydrogen) atoms. The van der Waals surface area contributed by atoms with Gasteiger partial charge in [-0.05, 0) is 18.6 Å². The molecular weight excluding hydrogens is 218 g/mol. The highest BCUT2D eigenvalue weighted by Gasteiger charge is 2.26. The van der Waals surface area contributed by atoms with Crippen molar-refractivity contribution in [2.45, 2.75) is 6.92 Å². The number of rotatable bonds is 1. The van der Waals surface area contributed by atoms with Crippen LogP contribution in [0.2, 0.25) is 5.02 Å². The fraction of sp³-hybridized carbons (Fsp3) is 0.300. The van der Waals surface area contributed by atoms with Gasteiger partial charge >= 0.3 is 0 Å². The number of ether oxygens (including phenoxy) is 1. The van der Waals surface area contributed by atoms with Gasteiger partial charge in [-0.25, -0.2) is 0 Å². The van der Waals surface area contributed by atoms with Gasteiger partial charge in [-0.1, -0.05) is 11.6 Å². The fourth-order valence-electron chi connectivity index (χ4n) is 1.45. The summed E-state index contributed by atoms with van der Waals surface area (Å²) in [5.74, 6) is 0.332. The largest absolute Gasteiger partial charge is 0.481 e. The summed E-state index contributed by atoms with van der Waals surface area (Å²) in [6, 6.07) is 3.45. The fourth-order valence-corrected chi connectivity index (χ4v) is 1.61. The molecule has 1 aromatic carbocycles. The Kier molecular flexibility index (Phi) is 2.54. The molecule has 0 saturated heterocycles. The molecule has 0 unspecified atom stereocenters. The van der Waals surface area contributed by atoms with Gasteiger partial charge in [-0.3, -0.25) is 9.63 Å². The summed E-state index contributed by atoms with van der Waals surface area (Å²) < 4.78 is 5.25. The van der Waals surface area contributed by atoms with Gasteiger partial charge in [0.2, 0.25) is 0 Å². The van der Waals surface area contributed by atoms with E-state index in [0.717, 1.165) is 5.56 Å². The third-order valence-corrected chi connectivity index (χ3v) is 2.63. The standard InChI is InChI=1S/C10H10ClNO3/c1-6-3-8-9(4-7(6)11)15-5-10(13)12(8)14-2/h3-4H,5H2,1-2H3. The monoisotopic (exact) mass is 227 g/mol. The highest BCUT2D eigenvalue weighted by molar-refractivity contribution is 6.31. The lowest BCUT2D eigenvalue weighted by Gasteiger charge is -2.27. The normalized spacial score (nSPS) is 14.9. The number of carbonyl (C=O) groups excluding carboxylic acids is 1. The summed E-state index contributed by atoms with van der Waals surface area (Å²) in [6.07, 6.45) is 0. The van der Waals surface area contributed by atoms with Crippen LogP contribution < -0.4 is 9.80 Å². The van der Waals surface area contributed by atoms with Gasteiger partial charge < -0.3 is 4.74 Å². The molecule has 80 valence electrons. The molecule has 1 heterocycles. The number of hydrogen-bond acceptors (Lipinski definition) is 3. The molecular formula is C10H10ClNO3. The number of aryl methyl sites for hydroxylation is 1. The predicted molar refractivity (Wildman–Crippen MR) is 56.2 cm³/mol. The van der Waals surface area contributed by atoms with Crippen molar-refractivity contribution in [3.8, 4) is 5.75 Å². The van der Waals surface area contributed by atoms with Crippen LogP contribution >= 0.6 is 11.6 Å². The van der Waals surface area contributed by atoms with Crippen LogP contribution in [0.5, 0.6) is 5.75 Å². The van der Waals surface area contributed by atoms with E-state index in [1.54, 1.807) is 12.1 Å². The Hall–Kier alpha value is -1.26. The number of benzene rings is 1. The first-order chi connectivity index (χ1) is 7.13. The molecule has 0 bridgehead atoms. The minimum Gasteiger partial charge on any atom is -0.481 e. The number of amides is 1. The molecule has 1 aliphatic rings. The van der Waals surface area contributed by atoms with Crippen molar-refractivity contribution in [3.05, 3.63) is 22.7 Å². The molecule has 0 spiro atoms. The Morgan fingerprint density at radius 3 is 2.93 bits per heavy atom. The second-order valence-corrected chi connectivity index (χ2v) is 3.64. The van der Waals surface area contributed by atoms with E-state index in [-0.39, 0.29) is 12.5 Å². The van der Waals surface area contributed by atoms with E-state index in [2.05, 4.69) is 0 Å². The molecule has 0 radical (unpaired) electrons. The Balaban J connectivity index is 2.53. The zero-order valence-corrected chi connectivity index (χ0v) is 9.17. The summed E-state index contributed by atoms with van der Waals surface area (Å²) in [4.78, 5) is 16.4. The van der Waals surface area contributed by atoms with Gasteiger partial charge in [0, 0.05) is 11.1 Å². The van der Waals surface area contributed by atoms with E-state index < -0.39 is 0 Å². The van der Waals surface area contributed by atoms with Gasteiger partial charge in [-0.2, -0.15) is 5.06 Å². The second kappa shape index (κ2) is 3.72. The maximum atomic E-state index is 11.4. The van der Waals surface area contributed by atoms with Crippen molar-refractivity contribution >= 4 is 23.2 Å². The zero-order valence-electron chi connectivity index (χ0n) is 8.41. The maximum Gasteiger partial charge on any atom is 0.288 e. The Morgan fingerprint density at radius 1 is 1.53 bits per heavy atom. The third kappa shape index (κ3) is 1.66. The van der Waals surface area contributed by atoms with Gasteiger partial charge in [0.15, 0.2) is 6.61 Å². The molecule has 0 aliphatic carbocycles. The number of nitrogens with zero attached hydrogens (tertiary/aromatic N) is 1. The first-order valence-electron chi connectivity index (χ1n) is 4.43. The molecule has 0 saturated carbocycles. The highest BCUT2D eigenvalue weighted by Crippen LogP contribution is 2.36. The van der Waals surface area contributed by atoms with Crippen LogP contribution in [0.15, 0.2) is 12.1 Å². The van der Waals surface area contributed by atoms with Gasteiger partial charge in [0.1, 0.15) is 11.4 Å². The van der Waals surface area contributed by atoms with Crippen molar-refractivity contribution in [2.24, 2.45) is 0 Å². The summed E-state index contributed by atoms with van der Waals surface area (Å²) >= 11 is 5.95. The minimum atomic E-state index is -0.230. The molecule has 1 amide bonds. The Labute approximate surface area is 92.3 Å². The lowest BCUT2D eigenvalue weighted by molar-refractivity contribution is -0.128. The Morgan fingerprint density at radius 2 is 2.27 bits per heavy atom. The number of hydrogen-bond donors (Lipinski definition) is 0. The summed E-state index contributed by atoms with van der Waals surface area (Å²) in [7, 11) is 1.44. The number of halogens is 1. The lowest BCUT2D eigenvalue weighted by Crippen LogP contribution is -2.37. The van der Waals surface area contributed by atoms with E-state index in [9.17, 15) is 4.79 Å². The van der Waals surface area contributed by atoms with Crippen molar-refractivity contribution in [1.29, 1.82) is 0 Å². The second-order valence-electron chi connectivity index (χ2n) is 3.23. The molecule has 1 aromatic rings. The Bertz CT molecular complexity index is 419.